The Morgan fingerprint density at radius 2 is 2.02 bits per heavy atom. The predicted molar refractivity (Wildman–Crippen MR) is 129 cm³/mol. The molecule has 40 heavy (non-hydrogen) atoms. The van der Waals surface area contributed by atoms with Crippen LogP contribution in [0.25, 0.3) is 5.57 Å². The van der Waals surface area contributed by atoms with Crippen LogP contribution >= 0.6 is 11.6 Å². The molecule has 0 spiro atoms. The van der Waals surface area contributed by atoms with Gasteiger partial charge in [0.2, 0.25) is 0 Å². The number of terminal acetylenes is 1. The molecule has 2 aromatic rings. The van der Waals surface area contributed by atoms with Crippen LogP contribution in [-0.2, 0) is 13.0 Å². The van der Waals surface area contributed by atoms with E-state index in [1.165, 1.54) is 23.1 Å². The maximum Gasteiger partial charge on any atom is 0.459 e. The lowest BCUT2D eigenvalue weighted by atomic mass is 10.0. The number of hydrogen-bond donors (Lipinski definition) is 1. The molecule has 1 aromatic carbocycles. The molecule has 0 aliphatic heterocycles. The normalized spacial score (nSPS) is 15.2. The Labute approximate surface area is 227 Å². The van der Waals surface area contributed by atoms with Crippen LogP contribution < -0.4 is 10.5 Å². The van der Waals surface area contributed by atoms with Crippen molar-refractivity contribution in [3.8, 4) is 24.2 Å². The van der Waals surface area contributed by atoms with Crippen LogP contribution in [-0.4, -0.2) is 51.7 Å². The van der Waals surface area contributed by atoms with Crippen LogP contribution in [0.3, 0.4) is 0 Å². The molecule has 1 fully saturated rings. The molecule has 1 aliphatic carbocycles. The number of hydrogen-bond acceptors (Lipinski definition) is 6. The van der Waals surface area contributed by atoms with Gasteiger partial charge < -0.3 is 15.4 Å². The maximum atomic E-state index is 14.0. The number of benzene rings is 1. The zero-order valence-corrected chi connectivity index (χ0v) is 21.1. The SMILES string of the molecule is C#CCN(C(=O)c1cc(C(C=Nc2c(OC(F)F)c(C(F)(F)C(F)(F)F)nn2C)=CN)ccc1Cl)C1(C#N)CC1. The molecule has 2 N–H and O–H groups in total. The second-order valence-corrected chi connectivity index (χ2v) is 8.80. The number of aryl methyl sites for hydroxylation is 1. The summed E-state index contributed by atoms with van der Waals surface area (Å²) in [5.41, 5.74) is 2.46. The molecule has 8 nitrogen and oxygen atoms in total. The first-order chi connectivity index (χ1) is 18.6. The summed E-state index contributed by atoms with van der Waals surface area (Å²) in [5.74, 6) is -6.51. The van der Waals surface area contributed by atoms with Gasteiger partial charge >= 0.3 is 18.7 Å². The standard InChI is InChI=1S/C24H18ClF7N6O2/c1-3-8-38(22(12-34)6-7-22)20(39)15-9-13(4-5-16(15)25)14(10-33)11-35-19-17(40-21(26)27)18(36-37(19)2)23(28,29)24(30,31)32/h1,4-5,9-11,21H,6-8,33H2,2H3. The van der Waals surface area contributed by atoms with Crippen LogP contribution in [0, 0.1) is 23.7 Å². The van der Waals surface area contributed by atoms with E-state index in [-0.39, 0.29) is 28.3 Å². The molecular weight excluding hydrogens is 573 g/mol. The lowest BCUT2D eigenvalue weighted by molar-refractivity contribution is -0.291. The zero-order valence-electron chi connectivity index (χ0n) is 20.3. The van der Waals surface area contributed by atoms with E-state index >= 15 is 0 Å². The average molecular weight is 591 g/mol. The Morgan fingerprint density at radius 1 is 1.38 bits per heavy atom. The highest BCUT2D eigenvalue weighted by atomic mass is 35.5. The van der Waals surface area contributed by atoms with Gasteiger partial charge in [-0.1, -0.05) is 23.6 Å². The third-order valence-corrected chi connectivity index (χ3v) is 6.14. The first kappa shape index (κ1) is 30.3. The van der Waals surface area contributed by atoms with E-state index in [4.69, 9.17) is 23.8 Å². The Kier molecular flexibility index (Phi) is 8.40. The van der Waals surface area contributed by atoms with Crippen LogP contribution in [0.2, 0.25) is 5.02 Å². The second kappa shape index (κ2) is 11.1. The number of nitrogens with two attached hydrogens (primary N) is 1. The molecule has 0 unspecified atom stereocenters. The Bertz CT molecular complexity index is 1450. The van der Waals surface area contributed by atoms with Crippen molar-refractivity contribution in [1.82, 2.24) is 14.7 Å². The van der Waals surface area contributed by atoms with Gasteiger partial charge in [-0.25, -0.2) is 9.67 Å². The van der Waals surface area contributed by atoms with Crippen molar-refractivity contribution in [2.75, 3.05) is 6.54 Å². The fourth-order valence-electron chi connectivity index (χ4n) is 3.60. The summed E-state index contributed by atoms with van der Waals surface area (Å²) in [7, 11) is 0.884. The topological polar surface area (TPSA) is 110 Å². The van der Waals surface area contributed by atoms with E-state index in [0.29, 0.717) is 17.5 Å². The first-order valence-electron chi connectivity index (χ1n) is 11.0. The number of aliphatic imine (C=N–C) groups is 1. The van der Waals surface area contributed by atoms with Crippen molar-refractivity contribution in [2.24, 2.45) is 17.8 Å². The fraction of sp³-hybridized carbons (Fsp3) is 0.333. The van der Waals surface area contributed by atoms with Gasteiger partial charge in [0, 0.05) is 25.0 Å². The van der Waals surface area contributed by atoms with Crippen LogP contribution in [0.1, 0.15) is 34.5 Å². The maximum absolute atomic E-state index is 14.0. The molecule has 0 atom stereocenters. The van der Waals surface area contributed by atoms with E-state index in [1.54, 1.807) is 0 Å². The molecule has 3 rings (SSSR count). The largest absolute Gasteiger partial charge is 0.459 e. The van der Waals surface area contributed by atoms with E-state index in [0.717, 1.165) is 19.5 Å². The van der Waals surface area contributed by atoms with Crippen molar-refractivity contribution >= 4 is 35.1 Å². The van der Waals surface area contributed by atoms with Crippen molar-refractivity contribution < 1.29 is 40.3 Å². The summed E-state index contributed by atoms with van der Waals surface area (Å²) >= 11 is 6.21. The van der Waals surface area contributed by atoms with Crippen LogP contribution in [0.15, 0.2) is 29.4 Å². The summed E-state index contributed by atoms with van der Waals surface area (Å²) in [6, 6.07) is 5.99. The number of rotatable bonds is 9. The molecule has 1 amide bonds. The minimum absolute atomic E-state index is 0.0175. The number of nitrogens with zero attached hydrogens (tertiary/aromatic N) is 5. The summed E-state index contributed by atoms with van der Waals surface area (Å²) in [5, 5.41) is 12.5. The summed E-state index contributed by atoms with van der Waals surface area (Å²) in [6.45, 7) is -3.98. The molecule has 1 heterocycles. The number of carbonyl (C=O) groups excluding carboxylic acids is 1. The molecule has 0 saturated heterocycles. The van der Waals surface area contributed by atoms with E-state index in [1.807, 2.05) is 0 Å². The summed E-state index contributed by atoms with van der Waals surface area (Å²) < 4.78 is 97.0. The highest BCUT2D eigenvalue weighted by Gasteiger charge is 2.62. The number of amides is 1. The lowest BCUT2D eigenvalue weighted by Gasteiger charge is -2.25. The number of nitriles is 1. The number of aromatic nitrogens is 2. The Hall–Kier alpha value is -4.24. The average Bonchev–Trinajstić information content (AvgIpc) is 3.61. The van der Waals surface area contributed by atoms with Gasteiger partial charge in [0.05, 0.1) is 23.2 Å². The fourth-order valence-corrected chi connectivity index (χ4v) is 3.80. The molecule has 0 bridgehead atoms. The first-order valence-corrected chi connectivity index (χ1v) is 11.4. The Morgan fingerprint density at radius 3 is 2.52 bits per heavy atom. The number of ether oxygens (including phenoxy) is 1. The highest BCUT2D eigenvalue weighted by Crippen LogP contribution is 2.49. The van der Waals surface area contributed by atoms with E-state index in [9.17, 15) is 40.8 Å². The molecule has 16 heteroatoms. The van der Waals surface area contributed by atoms with Crippen molar-refractivity contribution in [3.63, 3.8) is 0 Å². The summed E-state index contributed by atoms with van der Waals surface area (Å²) in [4.78, 5) is 18.2. The molecule has 1 aliphatic rings. The number of allylic oxidation sites excluding steroid dienone is 1. The molecule has 0 radical (unpaired) electrons. The zero-order chi connectivity index (χ0) is 30.0. The van der Waals surface area contributed by atoms with Gasteiger partial charge in [-0.15, -0.1) is 6.42 Å². The number of alkyl halides is 7. The third kappa shape index (κ3) is 5.70. The van der Waals surface area contributed by atoms with Crippen molar-refractivity contribution in [2.45, 2.75) is 37.1 Å². The van der Waals surface area contributed by atoms with Gasteiger partial charge in [0.15, 0.2) is 17.3 Å². The smallest absolute Gasteiger partial charge is 0.428 e. The molecule has 1 saturated carbocycles. The van der Waals surface area contributed by atoms with Gasteiger partial charge in [0.1, 0.15) is 5.54 Å². The third-order valence-electron chi connectivity index (χ3n) is 5.81. The monoisotopic (exact) mass is 590 g/mol. The number of carbonyl (C=O) groups is 1. The molecule has 1 aromatic heterocycles. The van der Waals surface area contributed by atoms with Gasteiger partial charge in [-0.05, 0) is 30.5 Å². The number of halogens is 8. The van der Waals surface area contributed by atoms with Crippen LogP contribution in [0.4, 0.5) is 36.6 Å². The second-order valence-electron chi connectivity index (χ2n) is 8.39. The Balaban J connectivity index is 2.04. The molecular formula is C24H18ClF7N6O2. The molecule has 212 valence electrons. The quantitative estimate of drug-likeness (QED) is 0.246. The lowest BCUT2D eigenvalue weighted by Crippen LogP contribution is -2.41. The van der Waals surface area contributed by atoms with Gasteiger partial charge in [-0.3, -0.25) is 4.79 Å². The van der Waals surface area contributed by atoms with Gasteiger partial charge in [0.25, 0.3) is 5.91 Å². The van der Waals surface area contributed by atoms with Gasteiger partial charge in [-0.2, -0.15) is 41.1 Å². The van der Waals surface area contributed by atoms with Crippen molar-refractivity contribution in [1.29, 1.82) is 5.26 Å². The summed E-state index contributed by atoms with van der Waals surface area (Å²) in [6.07, 6.45) is 1.77. The minimum Gasteiger partial charge on any atom is -0.428 e. The van der Waals surface area contributed by atoms with E-state index in [2.05, 4.69) is 26.8 Å². The van der Waals surface area contributed by atoms with Crippen molar-refractivity contribution in [3.05, 3.63) is 46.2 Å². The highest BCUT2D eigenvalue weighted by molar-refractivity contribution is 6.34. The minimum atomic E-state index is -6.17. The van der Waals surface area contributed by atoms with E-state index < -0.39 is 47.4 Å². The predicted octanol–water partition coefficient (Wildman–Crippen LogP) is 5.16. The van der Waals surface area contributed by atoms with Crippen LogP contribution in [0.5, 0.6) is 5.75 Å².